The van der Waals surface area contributed by atoms with Crippen LogP contribution in [0.4, 0.5) is 0 Å². The van der Waals surface area contributed by atoms with E-state index < -0.39 is 9.05 Å². The van der Waals surface area contributed by atoms with Crippen LogP contribution in [0, 0.1) is 0 Å². The largest absolute Gasteiger partial charge is 0.237 e. The van der Waals surface area contributed by atoms with E-state index in [-0.39, 0.29) is 5.75 Å². The first-order valence-corrected chi connectivity index (χ1v) is 6.78. The van der Waals surface area contributed by atoms with Gasteiger partial charge in [-0.2, -0.15) is 0 Å². The third-order valence-corrected chi connectivity index (χ3v) is 4.06. The molecule has 2 nitrogen and oxygen atoms in total. The van der Waals surface area contributed by atoms with Gasteiger partial charge in [-0.1, -0.05) is 0 Å². The van der Waals surface area contributed by atoms with Crippen LogP contribution in [-0.2, 0) is 14.8 Å². The van der Waals surface area contributed by atoms with Crippen molar-refractivity contribution in [1.29, 1.82) is 0 Å². The van der Waals surface area contributed by atoms with Crippen molar-refractivity contribution >= 4 is 47.0 Å². The van der Waals surface area contributed by atoms with E-state index in [0.29, 0.717) is 0 Å². The molecule has 0 fully saturated rings. The highest BCUT2D eigenvalue weighted by molar-refractivity contribution is 9.10. The SMILES string of the molecule is O=S(=O)(Cl)Cc1sccc1Br. The second-order valence-corrected chi connectivity index (χ2v) is 6.51. The van der Waals surface area contributed by atoms with E-state index in [1.54, 1.807) is 6.07 Å². The van der Waals surface area contributed by atoms with Crippen molar-refractivity contribution in [2.75, 3.05) is 0 Å². The van der Waals surface area contributed by atoms with E-state index in [9.17, 15) is 8.42 Å². The minimum atomic E-state index is -3.42. The molecule has 0 aliphatic heterocycles. The van der Waals surface area contributed by atoms with Gasteiger partial charge in [0, 0.05) is 20.0 Å². The third kappa shape index (κ3) is 3.11. The molecule has 1 heterocycles. The highest BCUT2D eigenvalue weighted by atomic mass is 79.9. The van der Waals surface area contributed by atoms with Gasteiger partial charge in [0.05, 0.1) is 0 Å². The van der Waals surface area contributed by atoms with Crippen LogP contribution in [0.15, 0.2) is 15.9 Å². The summed E-state index contributed by atoms with van der Waals surface area (Å²) in [5.41, 5.74) is 0. The molecule has 0 aromatic carbocycles. The number of hydrogen-bond acceptors (Lipinski definition) is 3. The summed E-state index contributed by atoms with van der Waals surface area (Å²) < 4.78 is 22.0. The fraction of sp³-hybridized carbons (Fsp3) is 0.200. The molecular formula is C5H4BrClO2S2. The highest BCUT2D eigenvalue weighted by Crippen LogP contribution is 2.25. The van der Waals surface area contributed by atoms with Crippen molar-refractivity contribution in [2.24, 2.45) is 0 Å². The molecule has 1 aromatic rings. The monoisotopic (exact) mass is 274 g/mol. The molecule has 0 saturated heterocycles. The van der Waals surface area contributed by atoms with Crippen LogP contribution in [0.2, 0.25) is 0 Å². The summed E-state index contributed by atoms with van der Waals surface area (Å²) in [5.74, 6) is -0.104. The lowest BCUT2D eigenvalue weighted by atomic mass is 10.5. The summed E-state index contributed by atoms with van der Waals surface area (Å²) in [4.78, 5) is 0.736. The molecule has 0 aliphatic carbocycles. The first-order valence-electron chi connectivity index (χ1n) is 2.63. The van der Waals surface area contributed by atoms with Crippen LogP contribution < -0.4 is 0 Å². The van der Waals surface area contributed by atoms with Crippen molar-refractivity contribution < 1.29 is 8.42 Å². The first-order chi connectivity index (χ1) is 4.99. The van der Waals surface area contributed by atoms with Crippen molar-refractivity contribution in [3.05, 3.63) is 20.8 Å². The van der Waals surface area contributed by atoms with Gasteiger partial charge >= 0.3 is 0 Å². The van der Waals surface area contributed by atoms with Crippen molar-refractivity contribution in [3.8, 4) is 0 Å². The zero-order chi connectivity index (χ0) is 8.48. The molecule has 0 aliphatic rings. The number of rotatable bonds is 2. The first kappa shape index (κ1) is 9.51. The Labute approximate surface area is 81.7 Å². The van der Waals surface area contributed by atoms with Gasteiger partial charge in [-0.15, -0.1) is 11.3 Å². The Kier molecular flexibility index (Phi) is 2.96. The Morgan fingerprint density at radius 3 is 2.64 bits per heavy atom. The van der Waals surface area contributed by atoms with Crippen molar-refractivity contribution in [3.63, 3.8) is 0 Å². The minimum Gasteiger partial charge on any atom is -0.212 e. The average molecular weight is 276 g/mol. The Balaban J connectivity index is 2.89. The van der Waals surface area contributed by atoms with Crippen LogP contribution in [0.1, 0.15) is 4.88 Å². The summed E-state index contributed by atoms with van der Waals surface area (Å²) in [6.07, 6.45) is 0. The smallest absolute Gasteiger partial charge is 0.212 e. The second kappa shape index (κ2) is 3.43. The Bertz CT molecular complexity index is 343. The second-order valence-electron chi connectivity index (χ2n) is 1.87. The molecule has 1 rings (SSSR count). The predicted octanol–water partition coefficient (Wildman–Crippen LogP) is 2.58. The average Bonchev–Trinajstić information content (AvgIpc) is 2.12. The van der Waals surface area contributed by atoms with Gasteiger partial charge in [-0.05, 0) is 27.4 Å². The summed E-state index contributed by atoms with van der Waals surface area (Å²) in [7, 11) is 1.64. The predicted molar refractivity (Wildman–Crippen MR) is 50.5 cm³/mol. The van der Waals surface area contributed by atoms with Gasteiger partial charge in [0.2, 0.25) is 9.05 Å². The maximum absolute atomic E-state index is 10.6. The van der Waals surface area contributed by atoms with Crippen molar-refractivity contribution in [2.45, 2.75) is 5.75 Å². The highest BCUT2D eigenvalue weighted by Gasteiger charge is 2.10. The fourth-order valence-corrected chi connectivity index (χ4v) is 3.77. The van der Waals surface area contributed by atoms with Crippen LogP contribution in [0.25, 0.3) is 0 Å². The van der Waals surface area contributed by atoms with Gasteiger partial charge in [-0.3, -0.25) is 0 Å². The van der Waals surface area contributed by atoms with Gasteiger partial charge in [0.1, 0.15) is 5.75 Å². The Morgan fingerprint density at radius 2 is 2.27 bits per heavy atom. The summed E-state index contributed by atoms with van der Waals surface area (Å²) in [6, 6.07) is 1.79. The van der Waals surface area contributed by atoms with E-state index in [2.05, 4.69) is 15.9 Å². The topological polar surface area (TPSA) is 34.1 Å². The third-order valence-electron chi connectivity index (χ3n) is 0.995. The van der Waals surface area contributed by atoms with Crippen LogP contribution in [0.3, 0.4) is 0 Å². The molecule has 0 unspecified atom stereocenters. The molecule has 0 spiro atoms. The van der Waals surface area contributed by atoms with Crippen LogP contribution in [-0.4, -0.2) is 8.42 Å². The molecule has 0 atom stereocenters. The van der Waals surface area contributed by atoms with Crippen molar-refractivity contribution in [1.82, 2.24) is 0 Å². The summed E-state index contributed by atoms with van der Waals surface area (Å²) in [5, 5.41) is 1.81. The Morgan fingerprint density at radius 1 is 1.64 bits per heavy atom. The van der Waals surface area contributed by atoms with Gasteiger partial charge in [-0.25, -0.2) is 8.42 Å². The minimum absolute atomic E-state index is 0.104. The molecule has 6 heteroatoms. The molecule has 0 bridgehead atoms. The summed E-state index contributed by atoms with van der Waals surface area (Å²) >= 11 is 4.57. The van der Waals surface area contributed by atoms with Gasteiger partial charge in [0.15, 0.2) is 0 Å². The van der Waals surface area contributed by atoms with Gasteiger partial charge < -0.3 is 0 Å². The molecule has 1 aromatic heterocycles. The van der Waals surface area contributed by atoms with Crippen LogP contribution >= 0.6 is 37.9 Å². The zero-order valence-electron chi connectivity index (χ0n) is 5.25. The van der Waals surface area contributed by atoms with E-state index in [1.165, 1.54) is 11.3 Å². The van der Waals surface area contributed by atoms with Crippen LogP contribution in [0.5, 0.6) is 0 Å². The van der Waals surface area contributed by atoms with E-state index >= 15 is 0 Å². The maximum Gasteiger partial charge on any atom is 0.237 e. The lowest BCUT2D eigenvalue weighted by Gasteiger charge is -1.92. The fourth-order valence-electron chi connectivity index (χ4n) is 0.585. The normalized spacial score (nSPS) is 11.8. The quantitative estimate of drug-likeness (QED) is 0.778. The molecule has 0 radical (unpaired) electrons. The lowest BCUT2D eigenvalue weighted by Crippen LogP contribution is -1.92. The molecule has 0 amide bonds. The van der Waals surface area contributed by atoms with E-state index in [0.717, 1.165) is 9.35 Å². The maximum atomic E-state index is 10.6. The number of hydrogen-bond donors (Lipinski definition) is 0. The zero-order valence-corrected chi connectivity index (χ0v) is 9.23. The molecule has 11 heavy (non-hydrogen) atoms. The van der Waals surface area contributed by atoms with E-state index in [1.807, 2.05) is 5.38 Å². The molecular weight excluding hydrogens is 272 g/mol. The number of halogens is 2. The molecule has 62 valence electrons. The summed E-state index contributed by atoms with van der Waals surface area (Å²) in [6.45, 7) is 0. The van der Waals surface area contributed by atoms with E-state index in [4.69, 9.17) is 10.7 Å². The number of thiophene rings is 1. The van der Waals surface area contributed by atoms with Gasteiger partial charge in [0.25, 0.3) is 0 Å². The Hall–Kier alpha value is 0.420. The molecule has 0 saturated carbocycles. The lowest BCUT2D eigenvalue weighted by molar-refractivity contribution is 0.609. The molecule has 0 N–H and O–H groups in total. The standard InChI is InChI=1S/C5H4BrClO2S2/c6-4-1-2-10-5(4)3-11(7,8)9/h1-2H,3H2.